The number of nitrogens with one attached hydrogen (secondary N) is 1. The Labute approximate surface area is 128 Å². The van der Waals surface area contributed by atoms with Gasteiger partial charge in [-0.15, -0.1) is 21.5 Å². The number of benzene rings is 1. The summed E-state index contributed by atoms with van der Waals surface area (Å²) in [6, 6.07) is 8.71. The van der Waals surface area contributed by atoms with Gasteiger partial charge in [0, 0.05) is 23.9 Å². The van der Waals surface area contributed by atoms with Gasteiger partial charge in [-0.2, -0.15) is 0 Å². The van der Waals surface area contributed by atoms with Crippen molar-refractivity contribution in [1.29, 1.82) is 0 Å². The molecule has 0 saturated heterocycles. The Balaban J connectivity index is 1.49. The van der Waals surface area contributed by atoms with E-state index in [0.29, 0.717) is 0 Å². The largest absolute Gasteiger partial charge is 0.314 e. The summed E-state index contributed by atoms with van der Waals surface area (Å²) in [5.41, 5.74) is 1.12. The van der Waals surface area contributed by atoms with Crippen LogP contribution in [-0.4, -0.2) is 22.8 Å². The molecule has 0 spiro atoms. The van der Waals surface area contributed by atoms with Gasteiger partial charge >= 0.3 is 0 Å². The first kappa shape index (κ1) is 14.0. The van der Waals surface area contributed by atoms with Crippen LogP contribution in [0.3, 0.4) is 0 Å². The molecule has 20 heavy (non-hydrogen) atoms. The van der Waals surface area contributed by atoms with Gasteiger partial charge in [0.2, 0.25) is 0 Å². The number of aromatic nitrogens is 2. The van der Waals surface area contributed by atoms with Crippen molar-refractivity contribution in [2.24, 2.45) is 0 Å². The number of hydrogen-bond donors (Lipinski definition) is 1. The molecule has 0 unspecified atom stereocenters. The number of halogens is 1. The van der Waals surface area contributed by atoms with Crippen LogP contribution in [0.5, 0.6) is 0 Å². The second kappa shape index (κ2) is 6.66. The van der Waals surface area contributed by atoms with E-state index in [2.05, 4.69) is 15.5 Å². The predicted octanol–water partition coefficient (Wildman–Crippen LogP) is 3.47. The van der Waals surface area contributed by atoms with E-state index in [0.717, 1.165) is 52.5 Å². The van der Waals surface area contributed by atoms with E-state index in [1.54, 1.807) is 11.3 Å². The van der Waals surface area contributed by atoms with E-state index in [-0.39, 0.29) is 0 Å². The standard InChI is InChI=1S/C15H18ClN3S/c16-13-5-2-1-4-11(13)10-15-19-18-14(20-15)6-3-9-17-12-7-8-12/h1-2,4-5,12,17H,3,6-10H2. The van der Waals surface area contributed by atoms with Gasteiger partial charge in [-0.05, 0) is 37.4 Å². The van der Waals surface area contributed by atoms with Crippen LogP contribution in [0.15, 0.2) is 24.3 Å². The zero-order valence-corrected chi connectivity index (χ0v) is 12.9. The van der Waals surface area contributed by atoms with Crippen LogP contribution in [0.2, 0.25) is 5.02 Å². The van der Waals surface area contributed by atoms with Gasteiger partial charge in [0.1, 0.15) is 10.0 Å². The molecule has 0 atom stereocenters. The average molecular weight is 308 g/mol. The van der Waals surface area contributed by atoms with Crippen LogP contribution in [0.1, 0.15) is 34.8 Å². The fourth-order valence-electron chi connectivity index (χ4n) is 2.10. The van der Waals surface area contributed by atoms with E-state index in [1.165, 1.54) is 12.8 Å². The second-order valence-corrected chi connectivity index (χ2v) is 6.74. The number of aryl methyl sites for hydroxylation is 1. The lowest BCUT2D eigenvalue weighted by atomic mass is 10.2. The Morgan fingerprint density at radius 3 is 2.80 bits per heavy atom. The Morgan fingerprint density at radius 2 is 2.00 bits per heavy atom. The van der Waals surface area contributed by atoms with Crippen molar-refractivity contribution in [2.75, 3.05) is 6.54 Å². The highest BCUT2D eigenvalue weighted by molar-refractivity contribution is 7.11. The van der Waals surface area contributed by atoms with Crippen molar-refractivity contribution >= 4 is 22.9 Å². The van der Waals surface area contributed by atoms with Crippen molar-refractivity contribution in [2.45, 2.75) is 38.1 Å². The lowest BCUT2D eigenvalue weighted by Gasteiger charge is -2.00. The minimum Gasteiger partial charge on any atom is -0.314 e. The lowest BCUT2D eigenvalue weighted by molar-refractivity contribution is 0.643. The fourth-order valence-corrected chi connectivity index (χ4v) is 3.21. The molecule has 1 aromatic heterocycles. The zero-order valence-electron chi connectivity index (χ0n) is 11.3. The Hall–Kier alpha value is -0.970. The number of hydrogen-bond acceptors (Lipinski definition) is 4. The summed E-state index contributed by atoms with van der Waals surface area (Å²) in [4.78, 5) is 0. The number of rotatable bonds is 7. The molecule has 0 radical (unpaired) electrons. The Bertz CT molecular complexity index is 566. The zero-order chi connectivity index (χ0) is 13.8. The van der Waals surface area contributed by atoms with Crippen molar-refractivity contribution < 1.29 is 0 Å². The summed E-state index contributed by atoms with van der Waals surface area (Å²) in [5.74, 6) is 0. The van der Waals surface area contributed by atoms with Crippen LogP contribution in [0.25, 0.3) is 0 Å². The molecule has 0 amide bonds. The molecule has 1 aliphatic rings. The van der Waals surface area contributed by atoms with E-state index < -0.39 is 0 Å². The summed E-state index contributed by atoms with van der Waals surface area (Å²) >= 11 is 7.87. The van der Waals surface area contributed by atoms with E-state index in [9.17, 15) is 0 Å². The van der Waals surface area contributed by atoms with Crippen LogP contribution in [0.4, 0.5) is 0 Å². The normalized spacial score (nSPS) is 14.7. The highest BCUT2D eigenvalue weighted by atomic mass is 35.5. The maximum absolute atomic E-state index is 6.17. The Morgan fingerprint density at radius 1 is 1.20 bits per heavy atom. The molecule has 0 bridgehead atoms. The molecule has 5 heteroatoms. The molecule has 2 aromatic rings. The highest BCUT2D eigenvalue weighted by Gasteiger charge is 2.19. The molecule has 3 nitrogen and oxygen atoms in total. The van der Waals surface area contributed by atoms with Gasteiger partial charge in [0.05, 0.1) is 0 Å². The molecular formula is C15H18ClN3S. The average Bonchev–Trinajstić information content (AvgIpc) is 3.17. The van der Waals surface area contributed by atoms with Crippen LogP contribution >= 0.6 is 22.9 Å². The van der Waals surface area contributed by atoms with Gasteiger partial charge in [-0.3, -0.25) is 0 Å². The van der Waals surface area contributed by atoms with Crippen molar-refractivity contribution in [1.82, 2.24) is 15.5 Å². The quantitative estimate of drug-likeness (QED) is 0.796. The first-order valence-electron chi connectivity index (χ1n) is 7.09. The monoisotopic (exact) mass is 307 g/mol. The summed E-state index contributed by atoms with van der Waals surface area (Å²) in [6.45, 7) is 1.09. The lowest BCUT2D eigenvalue weighted by Crippen LogP contribution is -2.17. The molecule has 1 N–H and O–H groups in total. The molecule has 0 aliphatic heterocycles. The minimum atomic E-state index is 0.775. The second-order valence-electron chi connectivity index (χ2n) is 5.19. The molecule has 3 rings (SSSR count). The summed E-state index contributed by atoms with van der Waals surface area (Å²) in [6.07, 6.45) is 5.62. The van der Waals surface area contributed by atoms with Crippen molar-refractivity contribution in [3.8, 4) is 0 Å². The Kier molecular flexibility index (Phi) is 4.65. The van der Waals surface area contributed by atoms with E-state index in [1.807, 2.05) is 24.3 Å². The van der Waals surface area contributed by atoms with Gasteiger partial charge in [0.15, 0.2) is 0 Å². The van der Waals surface area contributed by atoms with E-state index >= 15 is 0 Å². The summed E-state index contributed by atoms with van der Waals surface area (Å²) in [7, 11) is 0. The van der Waals surface area contributed by atoms with Gasteiger partial charge < -0.3 is 5.32 Å². The van der Waals surface area contributed by atoms with E-state index in [4.69, 9.17) is 11.6 Å². The molecule has 1 aromatic carbocycles. The molecule has 1 heterocycles. The molecular weight excluding hydrogens is 290 g/mol. The maximum Gasteiger partial charge on any atom is 0.121 e. The van der Waals surface area contributed by atoms with Crippen LogP contribution < -0.4 is 5.32 Å². The number of nitrogens with zero attached hydrogens (tertiary/aromatic N) is 2. The maximum atomic E-state index is 6.17. The first-order chi connectivity index (χ1) is 9.81. The highest BCUT2D eigenvalue weighted by Crippen LogP contribution is 2.21. The summed E-state index contributed by atoms with van der Waals surface area (Å²) < 4.78 is 0. The molecule has 1 aliphatic carbocycles. The third kappa shape index (κ3) is 4.01. The first-order valence-corrected chi connectivity index (χ1v) is 8.29. The predicted molar refractivity (Wildman–Crippen MR) is 83.5 cm³/mol. The van der Waals surface area contributed by atoms with Crippen LogP contribution in [0, 0.1) is 0 Å². The smallest absolute Gasteiger partial charge is 0.121 e. The SMILES string of the molecule is Clc1ccccc1Cc1nnc(CCCNC2CC2)s1. The molecule has 1 saturated carbocycles. The molecule has 106 valence electrons. The van der Waals surface area contributed by atoms with Gasteiger partial charge in [0.25, 0.3) is 0 Å². The van der Waals surface area contributed by atoms with Gasteiger partial charge in [-0.25, -0.2) is 0 Å². The molecule has 1 fully saturated rings. The van der Waals surface area contributed by atoms with Crippen molar-refractivity contribution in [3.63, 3.8) is 0 Å². The van der Waals surface area contributed by atoms with Crippen LogP contribution in [-0.2, 0) is 12.8 Å². The minimum absolute atomic E-state index is 0.775. The topological polar surface area (TPSA) is 37.8 Å². The third-order valence-corrected chi connectivity index (χ3v) is 4.74. The fraction of sp³-hybridized carbons (Fsp3) is 0.467. The van der Waals surface area contributed by atoms with Crippen molar-refractivity contribution in [3.05, 3.63) is 44.9 Å². The van der Waals surface area contributed by atoms with Gasteiger partial charge in [-0.1, -0.05) is 29.8 Å². The third-order valence-electron chi connectivity index (χ3n) is 3.39. The summed E-state index contributed by atoms with van der Waals surface area (Å²) in [5, 5.41) is 15.0.